The Morgan fingerprint density at radius 3 is 2.70 bits per heavy atom. The van der Waals surface area contributed by atoms with E-state index in [1.54, 1.807) is 11.5 Å². The van der Waals surface area contributed by atoms with E-state index < -0.39 is 0 Å². The Labute approximate surface area is 177 Å². The molecule has 158 valence electrons. The number of carbonyl (C=O) groups excluding carboxylic acids is 1. The van der Waals surface area contributed by atoms with Crippen LogP contribution in [-0.2, 0) is 6.54 Å². The molecule has 30 heavy (non-hydrogen) atoms. The third-order valence-electron chi connectivity index (χ3n) is 5.23. The van der Waals surface area contributed by atoms with Crippen LogP contribution in [0.25, 0.3) is 5.65 Å². The maximum atomic E-state index is 12.8. The smallest absolute Gasteiger partial charge is 0.290 e. The van der Waals surface area contributed by atoms with E-state index in [-0.39, 0.29) is 5.91 Å². The Hall–Kier alpha value is -3.19. The average Bonchev–Trinajstić information content (AvgIpc) is 3.11. The molecule has 0 bridgehead atoms. The standard InChI is InChI=1S/C23H29N5O2/c1-6-27(7-2)15-19-14-18(11-12-20(19)30-5)16(3)25-26-23(29)22-17(4)24-21-10-8-9-13-28(21)22/h8-14H,6-7,15H2,1-5H3,(H,26,29)/b25-16-. The molecule has 3 aromatic rings. The summed E-state index contributed by atoms with van der Waals surface area (Å²) in [5, 5.41) is 4.34. The van der Waals surface area contributed by atoms with E-state index in [4.69, 9.17) is 4.74 Å². The Morgan fingerprint density at radius 2 is 2.00 bits per heavy atom. The summed E-state index contributed by atoms with van der Waals surface area (Å²) in [5.41, 5.74) is 7.31. The molecule has 1 aromatic carbocycles. The molecule has 0 unspecified atom stereocenters. The van der Waals surface area contributed by atoms with Crippen molar-refractivity contribution < 1.29 is 9.53 Å². The van der Waals surface area contributed by atoms with E-state index in [0.29, 0.717) is 11.4 Å². The molecule has 1 amide bonds. The molecule has 0 spiro atoms. The van der Waals surface area contributed by atoms with Gasteiger partial charge in [0.15, 0.2) is 0 Å². The second-order valence-electron chi connectivity index (χ2n) is 7.10. The van der Waals surface area contributed by atoms with Crippen molar-refractivity contribution in [1.29, 1.82) is 0 Å². The van der Waals surface area contributed by atoms with Gasteiger partial charge in [-0.15, -0.1) is 0 Å². The van der Waals surface area contributed by atoms with Crippen molar-refractivity contribution in [1.82, 2.24) is 19.7 Å². The summed E-state index contributed by atoms with van der Waals surface area (Å²) in [5.74, 6) is 0.561. The third-order valence-corrected chi connectivity index (χ3v) is 5.23. The highest BCUT2D eigenvalue weighted by Gasteiger charge is 2.16. The fourth-order valence-corrected chi connectivity index (χ4v) is 3.45. The van der Waals surface area contributed by atoms with Crippen LogP contribution in [0.2, 0.25) is 0 Å². The zero-order chi connectivity index (χ0) is 21.7. The molecule has 0 atom stereocenters. The maximum absolute atomic E-state index is 12.8. The van der Waals surface area contributed by atoms with Crippen molar-refractivity contribution in [2.45, 2.75) is 34.2 Å². The molecule has 1 N–H and O–H groups in total. The van der Waals surface area contributed by atoms with Crippen molar-refractivity contribution >= 4 is 17.3 Å². The summed E-state index contributed by atoms with van der Waals surface area (Å²) < 4.78 is 7.29. The molecule has 0 saturated carbocycles. The number of nitrogens with one attached hydrogen (secondary N) is 1. The van der Waals surface area contributed by atoms with Gasteiger partial charge in [0.05, 0.1) is 18.5 Å². The van der Waals surface area contributed by atoms with Crippen molar-refractivity contribution in [3.05, 3.63) is 65.1 Å². The number of benzene rings is 1. The van der Waals surface area contributed by atoms with Gasteiger partial charge in [-0.3, -0.25) is 14.1 Å². The van der Waals surface area contributed by atoms with Gasteiger partial charge in [-0.1, -0.05) is 19.9 Å². The van der Waals surface area contributed by atoms with Gasteiger partial charge in [0.1, 0.15) is 17.1 Å². The number of aromatic nitrogens is 2. The molecule has 0 radical (unpaired) electrons. The molecule has 0 aliphatic heterocycles. The van der Waals surface area contributed by atoms with E-state index >= 15 is 0 Å². The van der Waals surface area contributed by atoms with Gasteiger partial charge in [-0.2, -0.15) is 5.10 Å². The largest absolute Gasteiger partial charge is 0.496 e. The van der Waals surface area contributed by atoms with Gasteiger partial charge in [-0.05, 0) is 62.8 Å². The van der Waals surface area contributed by atoms with Crippen LogP contribution in [0.5, 0.6) is 5.75 Å². The first-order valence-corrected chi connectivity index (χ1v) is 10.2. The molecular weight excluding hydrogens is 378 g/mol. The van der Waals surface area contributed by atoms with Crippen molar-refractivity contribution in [3.63, 3.8) is 0 Å². The van der Waals surface area contributed by atoms with E-state index in [0.717, 1.165) is 47.9 Å². The quantitative estimate of drug-likeness (QED) is 0.457. The van der Waals surface area contributed by atoms with Gasteiger partial charge < -0.3 is 4.74 Å². The number of methoxy groups -OCH3 is 1. The lowest BCUT2D eigenvalue weighted by Crippen LogP contribution is -2.23. The zero-order valence-corrected chi connectivity index (χ0v) is 18.3. The first-order valence-electron chi connectivity index (χ1n) is 10.2. The van der Waals surface area contributed by atoms with Crippen LogP contribution in [0.4, 0.5) is 0 Å². The number of pyridine rings is 1. The van der Waals surface area contributed by atoms with Crippen LogP contribution in [-0.4, -0.2) is 46.1 Å². The van der Waals surface area contributed by atoms with Gasteiger partial charge in [0, 0.05) is 18.3 Å². The Balaban J connectivity index is 1.82. The Morgan fingerprint density at radius 1 is 1.23 bits per heavy atom. The van der Waals surface area contributed by atoms with Gasteiger partial charge in [-0.25, -0.2) is 10.4 Å². The highest BCUT2D eigenvalue weighted by molar-refractivity contribution is 6.01. The van der Waals surface area contributed by atoms with Crippen LogP contribution in [0.15, 0.2) is 47.7 Å². The zero-order valence-electron chi connectivity index (χ0n) is 18.3. The predicted molar refractivity (Wildman–Crippen MR) is 119 cm³/mol. The normalized spacial score (nSPS) is 11.9. The van der Waals surface area contributed by atoms with E-state index in [1.807, 2.05) is 50.4 Å². The van der Waals surface area contributed by atoms with Crippen LogP contribution in [0.3, 0.4) is 0 Å². The second-order valence-corrected chi connectivity index (χ2v) is 7.10. The predicted octanol–water partition coefficient (Wildman–Crippen LogP) is 3.65. The lowest BCUT2D eigenvalue weighted by Gasteiger charge is -2.20. The summed E-state index contributed by atoms with van der Waals surface area (Å²) in [6.07, 6.45) is 1.82. The fourth-order valence-electron chi connectivity index (χ4n) is 3.45. The van der Waals surface area contributed by atoms with Crippen LogP contribution >= 0.6 is 0 Å². The number of hydrazone groups is 1. The SMILES string of the molecule is CCN(CC)Cc1cc(/C(C)=N\NC(=O)c2c(C)nc3ccccn23)ccc1OC. The number of carbonyl (C=O) groups is 1. The lowest BCUT2D eigenvalue weighted by molar-refractivity contribution is 0.0948. The van der Waals surface area contributed by atoms with Crippen LogP contribution < -0.4 is 10.2 Å². The van der Waals surface area contributed by atoms with Crippen molar-refractivity contribution in [3.8, 4) is 5.75 Å². The Bertz CT molecular complexity index is 1070. The summed E-state index contributed by atoms with van der Waals surface area (Å²) in [6, 6.07) is 11.6. The van der Waals surface area contributed by atoms with Gasteiger partial charge in [0.2, 0.25) is 0 Å². The minimum Gasteiger partial charge on any atom is -0.496 e. The highest BCUT2D eigenvalue weighted by atomic mass is 16.5. The number of imidazole rings is 1. The van der Waals surface area contributed by atoms with Gasteiger partial charge in [0.25, 0.3) is 5.91 Å². The fraction of sp³-hybridized carbons (Fsp3) is 0.348. The summed E-state index contributed by atoms with van der Waals surface area (Å²) in [6.45, 7) is 10.7. The Kier molecular flexibility index (Phi) is 6.84. The number of ether oxygens (including phenoxy) is 1. The van der Waals surface area contributed by atoms with E-state index in [1.165, 1.54) is 0 Å². The molecule has 3 rings (SSSR count). The number of nitrogens with zero attached hydrogens (tertiary/aromatic N) is 4. The molecule has 0 aliphatic rings. The molecule has 2 aromatic heterocycles. The summed E-state index contributed by atoms with van der Waals surface area (Å²) in [7, 11) is 1.68. The number of hydrogen-bond donors (Lipinski definition) is 1. The number of aryl methyl sites for hydroxylation is 1. The van der Waals surface area contributed by atoms with Crippen molar-refractivity contribution in [2.24, 2.45) is 5.10 Å². The lowest BCUT2D eigenvalue weighted by atomic mass is 10.1. The van der Waals surface area contributed by atoms with Crippen LogP contribution in [0.1, 0.15) is 48.1 Å². The number of amides is 1. The van der Waals surface area contributed by atoms with E-state index in [9.17, 15) is 4.79 Å². The third kappa shape index (κ3) is 4.52. The molecule has 0 aliphatic carbocycles. The van der Waals surface area contributed by atoms with Gasteiger partial charge >= 0.3 is 0 Å². The minimum atomic E-state index is -0.289. The average molecular weight is 408 g/mol. The summed E-state index contributed by atoms with van der Waals surface area (Å²) >= 11 is 0. The number of fused-ring (bicyclic) bond motifs is 1. The number of hydrogen-bond acceptors (Lipinski definition) is 5. The van der Waals surface area contributed by atoms with Crippen molar-refractivity contribution in [2.75, 3.05) is 20.2 Å². The molecule has 7 heteroatoms. The highest BCUT2D eigenvalue weighted by Crippen LogP contribution is 2.22. The monoisotopic (exact) mass is 407 g/mol. The second kappa shape index (κ2) is 9.54. The summed E-state index contributed by atoms with van der Waals surface area (Å²) in [4.78, 5) is 19.5. The minimum absolute atomic E-state index is 0.289. The first kappa shape index (κ1) is 21.5. The molecule has 0 saturated heterocycles. The van der Waals surface area contributed by atoms with Crippen LogP contribution in [0, 0.1) is 6.92 Å². The van der Waals surface area contributed by atoms with E-state index in [2.05, 4.69) is 40.3 Å². The molecule has 2 heterocycles. The maximum Gasteiger partial charge on any atom is 0.290 e. The first-order chi connectivity index (χ1) is 14.5. The number of rotatable bonds is 8. The molecule has 0 fully saturated rings. The molecule has 7 nitrogen and oxygen atoms in total. The molecular formula is C23H29N5O2. The topological polar surface area (TPSA) is 71.2 Å².